The third-order valence-corrected chi connectivity index (χ3v) is 2.00. The van der Waals surface area contributed by atoms with E-state index in [-0.39, 0.29) is 0 Å². The molecule has 0 fully saturated rings. The molecule has 1 atom stereocenters. The first-order valence-corrected chi connectivity index (χ1v) is 4.81. The van der Waals surface area contributed by atoms with Crippen molar-refractivity contribution in [3.8, 4) is 12.3 Å². The topological polar surface area (TPSA) is 24.9 Å². The molecule has 74 valence electrons. The third-order valence-electron chi connectivity index (χ3n) is 2.00. The number of rotatable bonds is 4. The van der Waals surface area contributed by atoms with Crippen LogP contribution in [0.5, 0.6) is 0 Å². The summed E-state index contributed by atoms with van der Waals surface area (Å²) in [5.41, 5.74) is 2.11. The molecule has 2 heteroatoms. The summed E-state index contributed by atoms with van der Waals surface area (Å²) >= 11 is 0. The van der Waals surface area contributed by atoms with Gasteiger partial charge >= 0.3 is 0 Å². The molecular formula is C12H16N2. The Morgan fingerprint density at radius 1 is 1.57 bits per heavy atom. The van der Waals surface area contributed by atoms with Gasteiger partial charge in [0, 0.05) is 24.7 Å². The van der Waals surface area contributed by atoms with Crippen LogP contribution in [0.2, 0.25) is 0 Å². The van der Waals surface area contributed by atoms with Gasteiger partial charge in [0.2, 0.25) is 0 Å². The van der Waals surface area contributed by atoms with Crippen LogP contribution in [0.15, 0.2) is 18.2 Å². The van der Waals surface area contributed by atoms with Gasteiger partial charge in [-0.3, -0.25) is 4.98 Å². The van der Waals surface area contributed by atoms with E-state index < -0.39 is 0 Å². The quantitative estimate of drug-likeness (QED) is 0.730. The Morgan fingerprint density at radius 2 is 2.36 bits per heavy atom. The molecular weight excluding hydrogens is 172 g/mol. The highest BCUT2D eigenvalue weighted by molar-refractivity contribution is 5.09. The Balaban J connectivity index is 2.42. The maximum absolute atomic E-state index is 5.22. The number of nitrogens with one attached hydrogen (secondary N) is 1. The summed E-state index contributed by atoms with van der Waals surface area (Å²) in [5, 5.41) is 3.32. The standard InChI is InChI=1S/C12H16N2/c1-4-6-10(2)13-9-12-8-5-7-11(3)14-12/h1,5,7-8,10,13H,6,9H2,2-3H3. The molecule has 0 bridgehead atoms. The van der Waals surface area contributed by atoms with E-state index in [0.29, 0.717) is 6.04 Å². The van der Waals surface area contributed by atoms with E-state index in [0.717, 1.165) is 24.4 Å². The molecule has 0 radical (unpaired) electrons. The number of terminal acetylenes is 1. The van der Waals surface area contributed by atoms with Crippen LogP contribution in [0.4, 0.5) is 0 Å². The number of hydrogen-bond donors (Lipinski definition) is 1. The third kappa shape index (κ3) is 3.59. The van der Waals surface area contributed by atoms with E-state index in [1.165, 1.54) is 0 Å². The van der Waals surface area contributed by atoms with Crippen LogP contribution in [0.1, 0.15) is 24.7 Å². The smallest absolute Gasteiger partial charge is 0.0544 e. The Bertz CT molecular complexity index is 325. The lowest BCUT2D eigenvalue weighted by atomic mass is 10.2. The second-order valence-electron chi connectivity index (χ2n) is 3.46. The second kappa shape index (κ2) is 5.41. The maximum atomic E-state index is 5.22. The van der Waals surface area contributed by atoms with Gasteiger partial charge in [-0.05, 0) is 26.0 Å². The number of aromatic nitrogens is 1. The summed E-state index contributed by atoms with van der Waals surface area (Å²) in [5.74, 6) is 2.63. The highest BCUT2D eigenvalue weighted by atomic mass is 14.9. The van der Waals surface area contributed by atoms with Crippen LogP contribution in [0.25, 0.3) is 0 Å². The van der Waals surface area contributed by atoms with Crippen LogP contribution in [0.3, 0.4) is 0 Å². The molecule has 0 spiro atoms. The average Bonchev–Trinajstić information content (AvgIpc) is 2.15. The van der Waals surface area contributed by atoms with Crippen molar-refractivity contribution in [1.29, 1.82) is 0 Å². The summed E-state index contributed by atoms with van der Waals surface area (Å²) in [6, 6.07) is 6.38. The average molecular weight is 188 g/mol. The van der Waals surface area contributed by atoms with Gasteiger partial charge in [0.1, 0.15) is 0 Å². The molecule has 0 saturated heterocycles. The first-order valence-electron chi connectivity index (χ1n) is 4.81. The molecule has 2 nitrogen and oxygen atoms in total. The van der Waals surface area contributed by atoms with E-state index >= 15 is 0 Å². The summed E-state index contributed by atoms with van der Waals surface area (Å²) < 4.78 is 0. The van der Waals surface area contributed by atoms with Crippen molar-refractivity contribution in [3.63, 3.8) is 0 Å². The van der Waals surface area contributed by atoms with Crippen LogP contribution < -0.4 is 5.32 Å². The SMILES string of the molecule is C#CCC(C)NCc1cccc(C)n1. The lowest BCUT2D eigenvalue weighted by Gasteiger charge is -2.10. The zero-order chi connectivity index (χ0) is 10.4. The molecule has 1 heterocycles. The second-order valence-corrected chi connectivity index (χ2v) is 3.46. The van der Waals surface area contributed by atoms with Crippen LogP contribution in [-0.2, 0) is 6.54 Å². The van der Waals surface area contributed by atoms with Crippen LogP contribution >= 0.6 is 0 Å². The van der Waals surface area contributed by atoms with Crippen molar-refractivity contribution >= 4 is 0 Å². The zero-order valence-corrected chi connectivity index (χ0v) is 8.75. The van der Waals surface area contributed by atoms with Gasteiger partial charge in [-0.15, -0.1) is 12.3 Å². The minimum atomic E-state index is 0.349. The largest absolute Gasteiger partial charge is 0.308 e. The van der Waals surface area contributed by atoms with E-state index in [1.54, 1.807) is 0 Å². The minimum Gasteiger partial charge on any atom is -0.308 e. The summed E-state index contributed by atoms with van der Waals surface area (Å²) in [7, 11) is 0. The van der Waals surface area contributed by atoms with Crippen molar-refractivity contribution in [2.45, 2.75) is 32.9 Å². The fourth-order valence-electron chi connectivity index (χ4n) is 1.23. The molecule has 1 unspecified atom stereocenters. The Kier molecular flexibility index (Phi) is 4.15. The highest BCUT2D eigenvalue weighted by Gasteiger charge is 1.99. The Labute approximate surface area is 85.8 Å². The molecule has 0 amide bonds. The number of pyridine rings is 1. The van der Waals surface area contributed by atoms with E-state index in [9.17, 15) is 0 Å². The summed E-state index contributed by atoms with van der Waals surface area (Å²) in [6.07, 6.45) is 5.97. The number of hydrogen-bond acceptors (Lipinski definition) is 2. The Morgan fingerprint density at radius 3 is 3.00 bits per heavy atom. The molecule has 0 aliphatic heterocycles. The molecule has 1 aromatic heterocycles. The molecule has 1 N–H and O–H groups in total. The lowest BCUT2D eigenvalue weighted by Crippen LogP contribution is -2.25. The molecule has 0 saturated carbocycles. The number of nitrogens with zero attached hydrogens (tertiary/aromatic N) is 1. The molecule has 1 aromatic rings. The Hall–Kier alpha value is -1.33. The first kappa shape index (κ1) is 10.7. The van der Waals surface area contributed by atoms with Crippen molar-refractivity contribution in [1.82, 2.24) is 10.3 Å². The van der Waals surface area contributed by atoms with Crippen molar-refractivity contribution in [2.75, 3.05) is 0 Å². The predicted molar refractivity (Wildman–Crippen MR) is 58.7 cm³/mol. The predicted octanol–water partition coefficient (Wildman–Crippen LogP) is 1.89. The first-order chi connectivity index (χ1) is 6.72. The van der Waals surface area contributed by atoms with Crippen LogP contribution in [-0.4, -0.2) is 11.0 Å². The molecule has 14 heavy (non-hydrogen) atoms. The van der Waals surface area contributed by atoms with Gasteiger partial charge in [-0.25, -0.2) is 0 Å². The number of aryl methyl sites for hydroxylation is 1. The van der Waals surface area contributed by atoms with Crippen molar-refractivity contribution in [2.24, 2.45) is 0 Å². The minimum absolute atomic E-state index is 0.349. The van der Waals surface area contributed by atoms with Gasteiger partial charge in [-0.2, -0.15) is 0 Å². The fourth-order valence-corrected chi connectivity index (χ4v) is 1.23. The summed E-state index contributed by atoms with van der Waals surface area (Å²) in [4.78, 5) is 4.39. The van der Waals surface area contributed by atoms with Gasteiger partial charge in [-0.1, -0.05) is 6.07 Å². The van der Waals surface area contributed by atoms with E-state index in [1.807, 2.05) is 25.1 Å². The van der Waals surface area contributed by atoms with Crippen LogP contribution in [0, 0.1) is 19.3 Å². The van der Waals surface area contributed by atoms with E-state index in [4.69, 9.17) is 6.42 Å². The molecule has 0 aromatic carbocycles. The van der Waals surface area contributed by atoms with Gasteiger partial charge in [0.25, 0.3) is 0 Å². The van der Waals surface area contributed by atoms with E-state index in [2.05, 4.69) is 23.1 Å². The lowest BCUT2D eigenvalue weighted by molar-refractivity contribution is 0.553. The van der Waals surface area contributed by atoms with Crippen molar-refractivity contribution in [3.05, 3.63) is 29.6 Å². The van der Waals surface area contributed by atoms with Gasteiger partial charge in [0.15, 0.2) is 0 Å². The maximum Gasteiger partial charge on any atom is 0.0544 e. The van der Waals surface area contributed by atoms with Gasteiger partial charge < -0.3 is 5.32 Å². The monoisotopic (exact) mass is 188 g/mol. The molecule has 1 rings (SSSR count). The van der Waals surface area contributed by atoms with Gasteiger partial charge in [0.05, 0.1) is 5.69 Å². The molecule has 0 aliphatic rings. The summed E-state index contributed by atoms with van der Waals surface area (Å²) in [6.45, 7) is 4.86. The highest BCUT2D eigenvalue weighted by Crippen LogP contribution is 1.98. The molecule has 0 aliphatic carbocycles. The van der Waals surface area contributed by atoms with Crippen molar-refractivity contribution < 1.29 is 0 Å². The fraction of sp³-hybridized carbons (Fsp3) is 0.417. The normalized spacial score (nSPS) is 12.1. The zero-order valence-electron chi connectivity index (χ0n) is 8.75.